The zero-order chi connectivity index (χ0) is 16.2. The highest BCUT2D eigenvalue weighted by Gasteiger charge is 2.08. The van der Waals surface area contributed by atoms with Crippen molar-refractivity contribution >= 4 is 10.9 Å². The van der Waals surface area contributed by atoms with E-state index >= 15 is 0 Å². The van der Waals surface area contributed by atoms with Crippen LogP contribution in [0.2, 0.25) is 0 Å². The second-order valence-corrected chi connectivity index (χ2v) is 5.29. The average Bonchev–Trinajstić information content (AvgIpc) is 2.55. The van der Waals surface area contributed by atoms with Crippen LogP contribution in [0.15, 0.2) is 62.5 Å². The molecule has 0 unspecified atom stereocenters. The largest absolute Gasteiger partial charge is 0.493 e. The molecule has 2 aromatic carbocycles. The number of ether oxygens (including phenoxy) is 1. The minimum Gasteiger partial charge on any atom is -0.493 e. The summed E-state index contributed by atoms with van der Waals surface area (Å²) >= 11 is 0. The number of hydrogen-bond donors (Lipinski definition) is 0. The summed E-state index contributed by atoms with van der Waals surface area (Å²) in [4.78, 5) is 23.6. The molecule has 0 aliphatic carbocycles. The summed E-state index contributed by atoms with van der Waals surface area (Å²) in [6.45, 7) is 2.89. The van der Waals surface area contributed by atoms with Gasteiger partial charge in [-0.05, 0) is 37.1 Å². The van der Waals surface area contributed by atoms with Crippen molar-refractivity contribution in [1.82, 2.24) is 4.57 Å². The maximum atomic E-state index is 11.9. The van der Waals surface area contributed by atoms with Crippen LogP contribution in [0.4, 0.5) is 0 Å². The van der Waals surface area contributed by atoms with E-state index < -0.39 is 11.4 Å². The Morgan fingerprint density at radius 3 is 2.61 bits per heavy atom. The molecule has 0 saturated carbocycles. The summed E-state index contributed by atoms with van der Waals surface area (Å²) in [6.07, 6.45) is 0.631. The molecule has 118 valence electrons. The van der Waals surface area contributed by atoms with E-state index in [1.165, 1.54) is 4.57 Å². The van der Waals surface area contributed by atoms with Gasteiger partial charge in [0, 0.05) is 6.54 Å². The van der Waals surface area contributed by atoms with Gasteiger partial charge >= 0.3 is 11.4 Å². The number of nitrogens with zero attached hydrogens (tertiary/aromatic N) is 1. The number of para-hydroxylation sites is 2. The molecule has 3 aromatic rings. The Balaban J connectivity index is 1.74. The summed E-state index contributed by atoms with van der Waals surface area (Å²) in [5, 5.41) is 0.409. The molecule has 5 heteroatoms. The Hall–Kier alpha value is -2.82. The standard InChI is InChI=1S/C18H17NO4/c1-13-7-2-5-10-16(13)22-12-6-11-19-15-9-4-3-8-14(15)17(20)23-18(19)21/h2-5,7-10H,6,11-12H2,1H3. The van der Waals surface area contributed by atoms with Gasteiger partial charge < -0.3 is 9.15 Å². The van der Waals surface area contributed by atoms with Gasteiger partial charge in [0.15, 0.2) is 0 Å². The maximum Gasteiger partial charge on any atom is 0.422 e. The third-order valence-corrected chi connectivity index (χ3v) is 3.69. The zero-order valence-corrected chi connectivity index (χ0v) is 12.8. The fourth-order valence-electron chi connectivity index (χ4n) is 2.50. The minimum absolute atomic E-state index is 0.409. The normalized spacial score (nSPS) is 10.8. The molecule has 3 rings (SSSR count). The molecule has 0 saturated heterocycles. The van der Waals surface area contributed by atoms with Gasteiger partial charge in [0.25, 0.3) is 0 Å². The summed E-state index contributed by atoms with van der Waals surface area (Å²) in [5.41, 5.74) is 1.06. The molecule has 0 radical (unpaired) electrons. The summed E-state index contributed by atoms with van der Waals surface area (Å²) < 4.78 is 12.0. The van der Waals surface area contributed by atoms with E-state index in [4.69, 9.17) is 9.15 Å². The highest BCUT2D eigenvalue weighted by Crippen LogP contribution is 2.16. The molecule has 0 atom stereocenters. The Bertz CT molecular complexity index is 939. The average molecular weight is 311 g/mol. The van der Waals surface area contributed by atoms with E-state index in [1.807, 2.05) is 31.2 Å². The SMILES string of the molecule is Cc1ccccc1OCCCn1c(=O)oc(=O)c2ccccc21. The van der Waals surface area contributed by atoms with Crippen LogP contribution < -0.4 is 16.1 Å². The first kappa shape index (κ1) is 15.1. The van der Waals surface area contributed by atoms with Gasteiger partial charge in [0.1, 0.15) is 5.75 Å². The van der Waals surface area contributed by atoms with Gasteiger partial charge in [-0.2, -0.15) is 0 Å². The van der Waals surface area contributed by atoms with Crippen molar-refractivity contribution in [2.24, 2.45) is 0 Å². The van der Waals surface area contributed by atoms with Crippen LogP contribution in [0.5, 0.6) is 5.75 Å². The molecule has 0 amide bonds. The quantitative estimate of drug-likeness (QED) is 0.680. The van der Waals surface area contributed by atoms with Crippen molar-refractivity contribution in [3.05, 3.63) is 75.1 Å². The fourth-order valence-corrected chi connectivity index (χ4v) is 2.50. The summed E-state index contributed by atoms with van der Waals surface area (Å²) in [6, 6.07) is 14.7. The highest BCUT2D eigenvalue weighted by molar-refractivity contribution is 5.77. The van der Waals surface area contributed by atoms with Gasteiger partial charge in [0.05, 0.1) is 17.5 Å². The van der Waals surface area contributed by atoms with Gasteiger partial charge in [0.2, 0.25) is 0 Å². The van der Waals surface area contributed by atoms with E-state index in [2.05, 4.69) is 0 Å². The predicted molar refractivity (Wildman–Crippen MR) is 88.0 cm³/mol. The van der Waals surface area contributed by atoms with Crippen LogP contribution >= 0.6 is 0 Å². The lowest BCUT2D eigenvalue weighted by Crippen LogP contribution is -2.25. The number of rotatable bonds is 5. The molecular weight excluding hydrogens is 294 g/mol. The number of fused-ring (bicyclic) bond motifs is 1. The third-order valence-electron chi connectivity index (χ3n) is 3.69. The van der Waals surface area contributed by atoms with E-state index in [0.717, 1.165) is 11.3 Å². The molecule has 0 aliphatic rings. The predicted octanol–water partition coefficient (Wildman–Crippen LogP) is 2.73. The first-order valence-electron chi connectivity index (χ1n) is 7.48. The lowest BCUT2D eigenvalue weighted by Gasteiger charge is -2.10. The first-order chi connectivity index (χ1) is 11.2. The molecule has 0 N–H and O–H groups in total. The van der Waals surface area contributed by atoms with Crippen LogP contribution in [-0.2, 0) is 6.54 Å². The zero-order valence-electron chi connectivity index (χ0n) is 12.8. The Morgan fingerprint density at radius 2 is 1.78 bits per heavy atom. The topological polar surface area (TPSA) is 61.4 Å². The van der Waals surface area contributed by atoms with Crippen molar-refractivity contribution in [3.63, 3.8) is 0 Å². The Labute approximate surface area is 132 Å². The lowest BCUT2D eigenvalue weighted by molar-refractivity contribution is 0.295. The second kappa shape index (κ2) is 6.52. The Kier molecular flexibility index (Phi) is 4.28. The minimum atomic E-state index is -0.635. The first-order valence-corrected chi connectivity index (χ1v) is 7.48. The van der Waals surface area contributed by atoms with Crippen molar-refractivity contribution in [2.75, 3.05) is 6.61 Å². The number of hydrogen-bond acceptors (Lipinski definition) is 4. The Morgan fingerprint density at radius 1 is 1.04 bits per heavy atom. The molecule has 0 bridgehead atoms. The molecule has 1 heterocycles. The van der Waals surface area contributed by atoms with Gasteiger partial charge in [-0.1, -0.05) is 30.3 Å². The van der Waals surface area contributed by atoms with Crippen molar-refractivity contribution < 1.29 is 9.15 Å². The summed E-state index contributed by atoms with van der Waals surface area (Å²) in [5.74, 6) is 0.203. The number of aromatic nitrogens is 1. The smallest absolute Gasteiger partial charge is 0.422 e. The van der Waals surface area contributed by atoms with Crippen molar-refractivity contribution in [3.8, 4) is 5.75 Å². The fraction of sp³-hybridized carbons (Fsp3) is 0.222. The van der Waals surface area contributed by atoms with Gasteiger partial charge in [-0.3, -0.25) is 4.57 Å². The number of benzene rings is 2. The van der Waals surface area contributed by atoms with Gasteiger partial charge in [-0.15, -0.1) is 0 Å². The van der Waals surface area contributed by atoms with Gasteiger partial charge in [-0.25, -0.2) is 9.59 Å². The molecule has 5 nitrogen and oxygen atoms in total. The number of aryl methyl sites for hydroxylation is 2. The lowest BCUT2D eigenvalue weighted by atomic mass is 10.2. The van der Waals surface area contributed by atoms with E-state index in [9.17, 15) is 9.59 Å². The van der Waals surface area contributed by atoms with E-state index in [-0.39, 0.29) is 0 Å². The monoisotopic (exact) mass is 311 g/mol. The maximum absolute atomic E-state index is 11.9. The van der Waals surface area contributed by atoms with Crippen LogP contribution in [-0.4, -0.2) is 11.2 Å². The van der Waals surface area contributed by atoms with E-state index in [1.54, 1.807) is 24.3 Å². The second-order valence-electron chi connectivity index (χ2n) is 5.29. The van der Waals surface area contributed by atoms with Crippen molar-refractivity contribution in [1.29, 1.82) is 0 Å². The third kappa shape index (κ3) is 3.18. The van der Waals surface area contributed by atoms with Crippen LogP contribution in [0.3, 0.4) is 0 Å². The summed E-state index contributed by atoms with van der Waals surface area (Å²) in [7, 11) is 0. The highest BCUT2D eigenvalue weighted by atomic mass is 16.5. The molecule has 1 aromatic heterocycles. The molecule has 23 heavy (non-hydrogen) atoms. The van der Waals surface area contributed by atoms with Crippen LogP contribution in [0, 0.1) is 6.92 Å². The van der Waals surface area contributed by atoms with Crippen LogP contribution in [0.1, 0.15) is 12.0 Å². The molecule has 0 spiro atoms. The van der Waals surface area contributed by atoms with Crippen molar-refractivity contribution in [2.45, 2.75) is 19.9 Å². The molecule has 0 fully saturated rings. The van der Waals surface area contributed by atoms with E-state index in [0.29, 0.717) is 30.5 Å². The molecule has 0 aliphatic heterocycles. The van der Waals surface area contributed by atoms with Crippen LogP contribution in [0.25, 0.3) is 10.9 Å². The molecular formula is C18H17NO4.